The molecule has 0 spiro atoms. The fraction of sp³-hybridized carbons (Fsp3) is 0.120. The Morgan fingerprint density at radius 2 is 1.65 bits per heavy atom. The lowest BCUT2D eigenvalue weighted by molar-refractivity contribution is 0.103. The lowest BCUT2D eigenvalue weighted by atomic mass is 10.0. The number of ether oxygens (including phenoxy) is 2. The molecule has 0 unspecified atom stereocenters. The van der Waals surface area contributed by atoms with Gasteiger partial charge in [-0.05, 0) is 60.2 Å². The second kappa shape index (κ2) is 8.44. The van der Waals surface area contributed by atoms with Crippen LogP contribution in [0.2, 0.25) is 0 Å². The molecule has 1 heterocycles. The highest BCUT2D eigenvalue weighted by atomic mass is 19.1. The average Bonchev–Trinajstić information content (AvgIpc) is 2.80. The van der Waals surface area contributed by atoms with Crippen LogP contribution in [-0.2, 0) is 6.54 Å². The van der Waals surface area contributed by atoms with Gasteiger partial charge in [0.1, 0.15) is 17.3 Å². The van der Waals surface area contributed by atoms with E-state index >= 15 is 0 Å². The second-order valence-electron chi connectivity index (χ2n) is 7.07. The summed E-state index contributed by atoms with van der Waals surface area (Å²) in [6.07, 6.45) is 1.56. The zero-order valence-corrected chi connectivity index (χ0v) is 17.1. The Morgan fingerprint density at radius 1 is 0.935 bits per heavy atom. The van der Waals surface area contributed by atoms with Crippen LogP contribution >= 0.6 is 0 Å². The van der Waals surface area contributed by atoms with Crippen molar-refractivity contribution in [2.75, 3.05) is 14.2 Å². The van der Waals surface area contributed by atoms with Gasteiger partial charge in [-0.1, -0.05) is 12.1 Å². The number of benzene rings is 3. The Hall–Kier alpha value is -3.93. The molecule has 0 N–H and O–H groups in total. The number of hydrogen-bond acceptors (Lipinski definition) is 4. The van der Waals surface area contributed by atoms with E-state index in [0.717, 1.165) is 5.56 Å². The maximum atomic E-state index is 13.3. The van der Waals surface area contributed by atoms with Gasteiger partial charge in [0.25, 0.3) is 0 Å². The van der Waals surface area contributed by atoms with Gasteiger partial charge in [0.15, 0.2) is 5.78 Å². The number of carbonyl (C=O) groups excluding carboxylic acids is 1. The summed E-state index contributed by atoms with van der Waals surface area (Å²) in [5, 5.41) is 0.371. The first-order valence-corrected chi connectivity index (χ1v) is 9.64. The molecular formula is C25H20FNO4. The van der Waals surface area contributed by atoms with Crippen molar-refractivity contribution in [3.63, 3.8) is 0 Å². The molecule has 3 aromatic carbocycles. The molecule has 1 aromatic heterocycles. The summed E-state index contributed by atoms with van der Waals surface area (Å²) in [6.45, 7) is 0.421. The van der Waals surface area contributed by atoms with Gasteiger partial charge < -0.3 is 14.0 Å². The smallest absolute Gasteiger partial charge is 0.200 e. The molecular weight excluding hydrogens is 397 g/mol. The standard InChI is InChI=1S/C25H20FNO4/c1-30-19-5-3-4-16(12-19)14-27-15-22(24(28)17-6-8-18(26)9-7-17)25(29)21-13-20(31-2)10-11-23(21)27/h3-13,15H,14H2,1-2H3. The highest BCUT2D eigenvalue weighted by molar-refractivity contribution is 6.10. The summed E-state index contributed by atoms with van der Waals surface area (Å²) in [4.78, 5) is 26.3. The predicted molar refractivity (Wildman–Crippen MR) is 117 cm³/mol. The number of aromatic nitrogens is 1. The molecule has 0 saturated carbocycles. The zero-order chi connectivity index (χ0) is 22.0. The Balaban J connectivity index is 1.89. The number of fused-ring (bicyclic) bond motifs is 1. The molecule has 4 aromatic rings. The van der Waals surface area contributed by atoms with Gasteiger partial charge in [0, 0.05) is 18.3 Å². The number of nitrogens with zero attached hydrogens (tertiary/aromatic N) is 1. The molecule has 0 atom stereocenters. The van der Waals surface area contributed by atoms with Gasteiger partial charge in [0.05, 0.1) is 30.7 Å². The van der Waals surface area contributed by atoms with Crippen LogP contribution in [0.4, 0.5) is 4.39 Å². The van der Waals surface area contributed by atoms with Gasteiger partial charge in [-0.3, -0.25) is 9.59 Å². The first-order valence-electron chi connectivity index (χ1n) is 9.64. The Labute approximate surface area is 178 Å². The fourth-order valence-corrected chi connectivity index (χ4v) is 3.52. The van der Waals surface area contributed by atoms with Gasteiger partial charge in [-0.15, -0.1) is 0 Å². The van der Waals surface area contributed by atoms with E-state index in [1.807, 2.05) is 28.8 Å². The van der Waals surface area contributed by atoms with Crippen molar-refractivity contribution >= 4 is 16.7 Å². The third-order valence-corrected chi connectivity index (χ3v) is 5.13. The molecule has 0 radical (unpaired) electrons. The van der Waals surface area contributed by atoms with Crippen LogP contribution in [0.25, 0.3) is 10.9 Å². The molecule has 6 heteroatoms. The summed E-state index contributed by atoms with van der Waals surface area (Å²) in [7, 11) is 3.11. The Kier molecular flexibility index (Phi) is 5.54. The van der Waals surface area contributed by atoms with Crippen LogP contribution in [0.1, 0.15) is 21.5 Å². The van der Waals surface area contributed by atoms with Crippen molar-refractivity contribution in [3.8, 4) is 11.5 Å². The quantitative estimate of drug-likeness (QED) is 0.436. The van der Waals surface area contributed by atoms with E-state index in [1.54, 1.807) is 31.5 Å². The molecule has 0 aliphatic rings. The first kappa shape index (κ1) is 20.3. The molecule has 4 rings (SSSR count). The minimum Gasteiger partial charge on any atom is -0.497 e. The van der Waals surface area contributed by atoms with E-state index in [-0.39, 0.29) is 11.1 Å². The number of halogens is 1. The maximum absolute atomic E-state index is 13.3. The summed E-state index contributed by atoms with van der Waals surface area (Å²) < 4.78 is 25.7. The number of methoxy groups -OCH3 is 2. The van der Waals surface area contributed by atoms with E-state index < -0.39 is 17.0 Å². The molecule has 0 aliphatic carbocycles. The van der Waals surface area contributed by atoms with E-state index in [9.17, 15) is 14.0 Å². The summed E-state index contributed by atoms with van der Waals surface area (Å²) in [6, 6.07) is 17.9. The van der Waals surface area contributed by atoms with Gasteiger partial charge >= 0.3 is 0 Å². The maximum Gasteiger partial charge on any atom is 0.200 e. The minimum atomic E-state index is -0.464. The van der Waals surface area contributed by atoms with Gasteiger partial charge in [0.2, 0.25) is 5.43 Å². The van der Waals surface area contributed by atoms with Gasteiger partial charge in [-0.2, -0.15) is 0 Å². The Bertz CT molecular complexity index is 1330. The van der Waals surface area contributed by atoms with Crippen molar-refractivity contribution in [1.82, 2.24) is 4.57 Å². The van der Waals surface area contributed by atoms with Crippen LogP contribution in [0.3, 0.4) is 0 Å². The van der Waals surface area contributed by atoms with E-state index in [4.69, 9.17) is 9.47 Å². The van der Waals surface area contributed by atoms with Crippen molar-refractivity contribution in [2.24, 2.45) is 0 Å². The van der Waals surface area contributed by atoms with Crippen LogP contribution in [0.15, 0.2) is 77.7 Å². The Morgan fingerprint density at radius 3 is 2.35 bits per heavy atom. The fourth-order valence-electron chi connectivity index (χ4n) is 3.52. The van der Waals surface area contributed by atoms with Crippen molar-refractivity contribution in [3.05, 3.63) is 106 Å². The topological polar surface area (TPSA) is 57.5 Å². The molecule has 31 heavy (non-hydrogen) atoms. The number of hydrogen-bond donors (Lipinski definition) is 0. The molecule has 0 amide bonds. The largest absolute Gasteiger partial charge is 0.497 e. The lowest BCUT2D eigenvalue weighted by Gasteiger charge is -2.15. The first-order chi connectivity index (χ1) is 15.0. The number of ketones is 1. The summed E-state index contributed by atoms with van der Waals surface area (Å²) in [5.41, 5.74) is 1.47. The average molecular weight is 417 g/mol. The molecule has 0 fully saturated rings. The van der Waals surface area contributed by atoms with E-state index in [1.165, 1.54) is 31.4 Å². The molecule has 5 nitrogen and oxygen atoms in total. The van der Waals surface area contributed by atoms with Crippen molar-refractivity contribution in [2.45, 2.75) is 6.54 Å². The van der Waals surface area contributed by atoms with Gasteiger partial charge in [-0.25, -0.2) is 4.39 Å². The second-order valence-corrected chi connectivity index (χ2v) is 7.07. The highest BCUT2D eigenvalue weighted by Gasteiger charge is 2.18. The number of rotatable bonds is 6. The third kappa shape index (κ3) is 4.05. The highest BCUT2D eigenvalue weighted by Crippen LogP contribution is 2.22. The SMILES string of the molecule is COc1cccc(Cn2cc(C(=O)c3ccc(F)cc3)c(=O)c3cc(OC)ccc32)c1. The van der Waals surface area contributed by atoms with Crippen molar-refractivity contribution in [1.29, 1.82) is 0 Å². The van der Waals surface area contributed by atoms with Crippen LogP contribution in [0, 0.1) is 5.82 Å². The predicted octanol–water partition coefficient (Wildman–Crippen LogP) is 4.44. The number of pyridine rings is 1. The molecule has 0 bridgehead atoms. The normalized spacial score (nSPS) is 10.8. The third-order valence-electron chi connectivity index (χ3n) is 5.13. The molecule has 156 valence electrons. The molecule has 0 aliphatic heterocycles. The lowest BCUT2D eigenvalue weighted by Crippen LogP contribution is -2.20. The van der Waals surface area contributed by atoms with E-state index in [0.29, 0.717) is 28.9 Å². The summed E-state index contributed by atoms with van der Waals surface area (Å²) >= 11 is 0. The summed E-state index contributed by atoms with van der Waals surface area (Å²) in [5.74, 6) is 0.320. The van der Waals surface area contributed by atoms with E-state index in [2.05, 4.69) is 0 Å². The monoisotopic (exact) mass is 417 g/mol. The van der Waals surface area contributed by atoms with Crippen LogP contribution in [0.5, 0.6) is 11.5 Å². The molecule has 0 saturated heterocycles. The van der Waals surface area contributed by atoms with Crippen molar-refractivity contribution < 1.29 is 18.7 Å². The minimum absolute atomic E-state index is 0.00950. The number of carbonyl (C=O) groups is 1. The zero-order valence-electron chi connectivity index (χ0n) is 17.1. The van der Waals surface area contributed by atoms with Crippen LogP contribution < -0.4 is 14.9 Å². The van der Waals surface area contributed by atoms with Crippen LogP contribution in [-0.4, -0.2) is 24.6 Å².